The molecule has 4 rings (SSSR count). The van der Waals surface area contributed by atoms with E-state index >= 15 is 0 Å². The maximum absolute atomic E-state index is 12.2. The number of pyridine rings is 1. The van der Waals surface area contributed by atoms with Crippen LogP contribution in [-0.2, 0) is 18.6 Å². The first-order valence-electron chi connectivity index (χ1n) is 11.0. The quantitative estimate of drug-likeness (QED) is 0.337. The first-order valence-corrected chi connectivity index (χ1v) is 11.0. The molecule has 35 heavy (non-hydrogen) atoms. The van der Waals surface area contributed by atoms with Crippen molar-refractivity contribution in [2.45, 2.75) is 52.4 Å². The van der Waals surface area contributed by atoms with Crippen molar-refractivity contribution in [2.24, 2.45) is 0 Å². The monoisotopic (exact) mass is 481 g/mol. The summed E-state index contributed by atoms with van der Waals surface area (Å²) in [5, 5.41) is 38.0. The number of carbonyl (C=O) groups excluding carboxylic acids is 1. The maximum atomic E-state index is 12.2. The van der Waals surface area contributed by atoms with E-state index < -0.39 is 0 Å². The van der Waals surface area contributed by atoms with Crippen LogP contribution in [-0.4, -0.2) is 58.7 Å². The van der Waals surface area contributed by atoms with Crippen molar-refractivity contribution >= 4 is 11.6 Å². The molecule has 0 spiro atoms. The molecule has 1 amide bonds. The van der Waals surface area contributed by atoms with Gasteiger partial charge in [-0.15, -0.1) is 15.3 Å². The van der Waals surface area contributed by atoms with Gasteiger partial charge in [0.15, 0.2) is 17.1 Å². The van der Waals surface area contributed by atoms with E-state index in [0.29, 0.717) is 40.1 Å². The van der Waals surface area contributed by atoms with E-state index in [1.54, 1.807) is 25.1 Å². The van der Waals surface area contributed by atoms with Gasteiger partial charge in [-0.05, 0) is 30.5 Å². The zero-order valence-electron chi connectivity index (χ0n) is 19.9. The summed E-state index contributed by atoms with van der Waals surface area (Å²) in [6.07, 6.45) is 1.46. The zero-order chi connectivity index (χ0) is 25.2. The van der Waals surface area contributed by atoms with Gasteiger partial charge in [-0.25, -0.2) is 0 Å². The van der Waals surface area contributed by atoms with Gasteiger partial charge in [-0.3, -0.25) is 9.78 Å². The van der Waals surface area contributed by atoms with Gasteiger partial charge >= 0.3 is 0 Å². The number of fused-ring (bicyclic) bond motifs is 1. The van der Waals surface area contributed by atoms with Crippen LogP contribution in [0.2, 0.25) is 0 Å². The summed E-state index contributed by atoms with van der Waals surface area (Å²) in [5.41, 5.74) is 2.41. The lowest BCUT2D eigenvalue weighted by Gasteiger charge is -2.21. The second-order valence-electron chi connectivity index (χ2n) is 9.13. The van der Waals surface area contributed by atoms with Gasteiger partial charge in [0.25, 0.3) is 5.91 Å². The van der Waals surface area contributed by atoms with Crippen molar-refractivity contribution in [1.82, 2.24) is 35.3 Å². The molecule has 0 aliphatic heterocycles. The molecule has 1 atom stereocenters. The van der Waals surface area contributed by atoms with Crippen LogP contribution in [0.1, 0.15) is 55.1 Å². The highest BCUT2D eigenvalue weighted by molar-refractivity contribution is 5.94. The summed E-state index contributed by atoms with van der Waals surface area (Å²) in [6.45, 7) is 7.50. The molecule has 0 aromatic carbocycles. The Bertz CT molecular complexity index is 1320. The lowest BCUT2D eigenvalue weighted by Crippen LogP contribution is -2.35. The van der Waals surface area contributed by atoms with Gasteiger partial charge in [0.1, 0.15) is 13.2 Å². The van der Waals surface area contributed by atoms with Crippen LogP contribution in [0.4, 0.5) is 0 Å². The average molecular weight is 482 g/mol. The number of amides is 1. The fourth-order valence-electron chi connectivity index (χ4n) is 3.25. The Balaban J connectivity index is 1.60. The molecular formula is C23H27N7O5. The normalized spacial score (nSPS) is 12.6. The Hall–Kier alpha value is -3.90. The van der Waals surface area contributed by atoms with Crippen molar-refractivity contribution in [3.63, 3.8) is 0 Å². The van der Waals surface area contributed by atoms with Crippen molar-refractivity contribution in [3.8, 4) is 17.4 Å². The zero-order valence-corrected chi connectivity index (χ0v) is 19.9. The fraction of sp³-hybridized carbons (Fsp3) is 0.391. The van der Waals surface area contributed by atoms with Crippen LogP contribution >= 0.6 is 0 Å². The van der Waals surface area contributed by atoms with Crippen molar-refractivity contribution in [3.05, 3.63) is 53.0 Å². The number of nitrogens with one attached hydrogen (secondary N) is 1. The summed E-state index contributed by atoms with van der Waals surface area (Å²) < 4.78 is 12.6. The lowest BCUT2D eigenvalue weighted by molar-refractivity contribution is 0.0922. The second kappa shape index (κ2) is 9.76. The van der Waals surface area contributed by atoms with Gasteiger partial charge in [0, 0.05) is 23.9 Å². The Labute approximate surface area is 201 Å². The van der Waals surface area contributed by atoms with Crippen LogP contribution in [0.5, 0.6) is 5.88 Å². The van der Waals surface area contributed by atoms with E-state index in [2.05, 4.69) is 30.8 Å². The predicted molar refractivity (Wildman–Crippen MR) is 123 cm³/mol. The lowest BCUT2D eigenvalue weighted by atomic mass is 9.88. The number of rotatable bonds is 8. The Morgan fingerprint density at radius 3 is 2.66 bits per heavy atom. The van der Waals surface area contributed by atoms with Crippen LogP contribution in [0.3, 0.4) is 0 Å². The minimum Gasteiger partial charge on any atom is -0.470 e. The molecule has 12 heteroatoms. The van der Waals surface area contributed by atoms with Gasteiger partial charge in [-0.2, -0.15) is 4.52 Å². The van der Waals surface area contributed by atoms with Crippen molar-refractivity contribution in [1.29, 1.82) is 0 Å². The standard InChI is InChI=1S/C23H27N7O5/c1-13(10-31)25-21(33)14-5-6-15(24-9-14)12-34-22-17(23(2,3)4)8-19-26-27-20(30(19)28-22)18-7-16(11-32)35-29-18/h5-9,13,31-32H,10-12H2,1-4H3,(H,25,33)/t13-/m1/s1. The second-order valence-corrected chi connectivity index (χ2v) is 9.13. The van der Waals surface area contributed by atoms with Crippen molar-refractivity contribution in [2.75, 3.05) is 6.61 Å². The first-order chi connectivity index (χ1) is 16.7. The molecule has 0 fully saturated rings. The summed E-state index contributed by atoms with van der Waals surface area (Å²) in [7, 11) is 0. The van der Waals surface area contributed by atoms with Crippen LogP contribution < -0.4 is 10.1 Å². The molecule has 4 heterocycles. The highest BCUT2D eigenvalue weighted by Crippen LogP contribution is 2.32. The van der Waals surface area contributed by atoms with Gasteiger partial charge in [0.05, 0.1) is 17.9 Å². The molecule has 0 radical (unpaired) electrons. The molecular weight excluding hydrogens is 454 g/mol. The Morgan fingerprint density at radius 1 is 1.23 bits per heavy atom. The highest BCUT2D eigenvalue weighted by Gasteiger charge is 2.24. The summed E-state index contributed by atoms with van der Waals surface area (Å²) >= 11 is 0. The molecule has 0 saturated carbocycles. The van der Waals surface area contributed by atoms with E-state index in [1.807, 2.05) is 26.8 Å². The third-order valence-electron chi connectivity index (χ3n) is 5.21. The SMILES string of the molecule is C[C@H](CO)NC(=O)c1ccc(COc2nn3c(-c4cc(CO)on4)nnc3cc2C(C)(C)C)nc1. The Kier molecular flexibility index (Phi) is 6.76. The van der Waals surface area contributed by atoms with E-state index in [0.717, 1.165) is 5.56 Å². The van der Waals surface area contributed by atoms with Gasteiger partial charge < -0.3 is 24.8 Å². The Morgan fingerprint density at radius 2 is 2.03 bits per heavy atom. The minimum atomic E-state index is -0.350. The molecule has 0 unspecified atom stereocenters. The first kappa shape index (κ1) is 24.2. The highest BCUT2D eigenvalue weighted by atomic mass is 16.5. The summed E-state index contributed by atoms with van der Waals surface area (Å²) in [5.74, 6) is 0.705. The average Bonchev–Trinajstić information content (AvgIpc) is 3.48. The summed E-state index contributed by atoms with van der Waals surface area (Å²) in [4.78, 5) is 16.5. The number of carbonyl (C=O) groups is 1. The van der Waals surface area contributed by atoms with Crippen molar-refractivity contribution < 1.29 is 24.3 Å². The molecule has 0 saturated heterocycles. The van der Waals surface area contributed by atoms with E-state index in [4.69, 9.17) is 14.4 Å². The number of ether oxygens (including phenoxy) is 1. The van der Waals surface area contributed by atoms with Gasteiger partial charge in [0.2, 0.25) is 11.7 Å². The predicted octanol–water partition coefficient (Wildman–Crippen LogP) is 1.65. The van der Waals surface area contributed by atoms with Crippen LogP contribution in [0.25, 0.3) is 17.2 Å². The topological polar surface area (TPSA) is 161 Å². The smallest absolute Gasteiger partial charge is 0.253 e. The van der Waals surface area contributed by atoms with E-state index in [9.17, 15) is 9.90 Å². The van der Waals surface area contributed by atoms with Crippen LogP contribution in [0, 0.1) is 0 Å². The number of aromatic nitrogens is 6. The molecule has 184 valence electrons. The van der Waals surface area contributed by atoms with Gasteiger partial charge in [-0.1, -0.05) is 25.9 Å². The molecule has 0 aliphatic rings. The molecule has 3 N–H and O–H groups in total. The third kappa shape index (κ3) is 5.28. The molecule has 4 aromatic heterocycles. The number of hydrogen-bond donors (Lipinski definition) is 3. The van der Waals surface area contributed by atoms with E-state index in [1.165, 1.54) is 10.7 Å². The fourth-order valence-corrected chi connectivity index (χ4v) is 3.25. The van der Waals surface area contributed by atoms with E-state index in [-0.39, 0.29) is 37.2 Å². The molecule has 12 nitrogen and oxygen atoms in total. The number of aliphatic hydroxyl groups is 2. The largest absolute Gasteiger partial charge is 0.470 e. The number of hydrogen-bond acceptors (Lipinski definition) is 10. The number of nitrogens with zero attached hydrogens (tertiary/aromatic N) is 6. The minimum absolute atomic E-state index is 0.118. The maximum Gasteiger partial charge on any atom is 0.253 e. The third-order valence-corrected chi connectivity index (χ3v) is 5.21. The molecule has 0 bridgehead atoms. The molecule has 4 aromatic rings. The summed E-state index contributed by atoms with van der Waals surface area (Å²) in [6, 6.07) is 6.42. The molecule has 0 aliphatic carbocycles. The van der Waals surface area contributed by atoms with Crippen LogP contribution in [0.15, 0.2) is 35.0 Å². The number of aliphatic hydroxyl groups excluding tert-OH is 2.